The van der Waals surface area contributed by atoms with Crippen molar-refractivity contribution in [2.75, 3.05) is 54.2 Å². The van der Waals surface area contributed by atoms with Crippen LogP contribution in [0, 0.1) is 5.82 Å². The number of benzene rings is 2. The van der Waals surface area contributed by atoms with E-state index in [1.54, 1.807) is 43.5 Å². The van der Waals surface area contributed by atoms with Gasteiger partial charge in [-0.15, -0.1) is 0 Å². The van der Waals surface area contributed by atoms with Gasteiger partial charge in [0.2, 0.25) is 0 Å². The van der Waals surface area contributed by atoms with Crippen molar-refractivity contribution < 1.29 is 13.9 Å². The van der Waals surface area contributed by atoms with Crippen LogP contribution in [0.15, 0.2) is 54.9 Å². The highest BCUT2D eigenvalue weighted by Gasteiger charge is 2.23. The lowest BCUT2D eigenvalue weighted by Gasteiger charge is -2.37. The van der Waals surface area contributed by atoms with Gasteiger partial charge in [0.25, 0.3) is 5.91 Å². The summed E-state index contributed by atoms with van der Waals surface area (Å²) in [7, 11) is 1.56. The molecule has 4 N–H and O–H groups in total. The number of ether oxygens (including phenoxy) is 1. The van der Waals surface area contributed by atoms with E-state index in [1.807, 2.05) is 15.9 Å². The van der Waals surface area contributed by atoms with E-state index in [0.717, 1.165) is 0 Å². The van der Waals surface area contributed by atoms with Crippen molar-refractivity contribution in [3.05, 3.63) is 66.2 Å². The van der Waals surface area contributed by atoms with E-state index in [9.17, 15) is 9.18 Å². The van der Waals surface area contributed by atoms with Crippen molar-refractivity contribution in [3.63, 3.8) is 0 Å². The number of nitrogens with one attached hydrogen (secondary N) is 2. The number of para-hydroxylation sites is 1. The smallest absolute Gasteiger partial charge is 0.269 e. The van der Waals surface area contributed by atoms with E-state index in [0.29, 0.717) is 60.5 Å². The van der Waals surface area contributed by atoms with Crippen LogP contribution >= 0.6 is 0 Å². The molecule has 1 fully saturated rings. The van der Waals surface area contributed by atoms with Crippen LogP contribution in [0.5, 0.6) is 5.75 Å². The fourth-order valence-electron chi connectivity index (χ4n) is 3.54. The van der Waals surface area contributed by atoms with Gasteiger partial charge in [-0.2, -0.15) is 0 Å². The molecular formula is C22H24FN7O2. The number of amides is 1. The third kappa shape index (κ3) is 4.48. The number of nitrogens with two attached hydrogens (primary N) is 1. The van der Waals surface area contributed by atoms with Gasteiger partial charge in [-0.1, -0.05) is 12.1 Å². The first-order chi connectivity index (χ1) is 15.6. The SMILES string of the molecule is COc1ccc(C(=O)NNc2ncnc(N3CCN(c4ccccc4F)CC3)c2N)cc1. The summed E-state index contributed by atoms with van der Waals surface area (Å²) in [4.78, 5) is 24.8. The summed E-state index contributed by atoms with van der Waals surface area (Å²) in [6.45, 7) is 2.49. The largest absolute Gasteiger partial charge is 0.497 e. The van der Waals surface area contributed by atoms with E-state index < -0.39 is 0 Å². The Hall–Kier alpha value is -4.08. The Labute approximate surface area is 185 Å². The monoisotopic (exact) mass is 437 g/mol. The summed E-state index contributed by atoms with van der Waals surface area (Å²) < 4.78 is 19.2. The van der Waals surface area contributed by atoms with E-state index in [4.69, 9.17) is 10.5 Å². The molecule has 1 saturated heterocycles. The Morgan fingerprint density at radius 1 is 1.03 bits per heavy atom. The number of hydrogen-bond donors (Lipinski definition) is 3. The molecular weight excluding hydrogens is 413 g/mol. The number of piperazine rings is 1. The molecule has 1 aromatic heterocycles. The molecule has 32 heavy (non-hydrogen) atoms. The molecule has 0 aliphatic carbocycles. The molecule has 10 heteroatoms. The molecule has 0 saturated carbocycles. The van der Waals surface area contributed by atoms with Gasteiger partial charge in [0.15, 0.2) is 11.6 Å². The maximum atomic E-state index is 14.1. The van der Waals surface area contributed by atoms with Gasteiger partial charge in [0, 0.05) is 31.7 Å². The molecule has 0 atom stereocenters. The molecule has 166 valence electrons. The van der Waals surface area contributed by atoms with Crippen LogP contribution in [-0.2, 0) is 0 Å². The van der Waals surface area contributed by atoms with Gasteiger partial charge >= 0.3 is 0 Å². The minimum Gasteiger partial charge on any atom is -0.497 e. The molecule has 2 aromatic carbocycles. The summed E-state index contributed by atoms with van der Waals surface area (Å²) in [6, 6.07) is 13.4. The summed E-state index contributed by atoms with van der Waals surface area (Å²) >= 11 is 0. The standard InChI is InChI=1S/C22H24FN7O2/c1-32-16-8-6-15(7-9-16)22(31)28-27-20-19(24)21(26-14-25-20)30-12-10-29(11-13-30)18-5-3-2-4-17(18)23/h2-9,14H,10-13,24H2,1H3,(H,28,31)(H,25,26,27). The van der Waals surface area contributed by atoms with Crippen molar-refractivity contribution in [1.29, 1.82) is 0 Å². The number of anilines is 4. The maximum absolute atomic E-state index is 14.1. The van der Waals surface area contributed by atoms with E-state index >= 15 is 0 Å². The Morgan fingerprint density at radius 3 is 2.41 bits per heavy atom. The lowest BCUT2D eigenvalue weighted by molar-refractivity contribution is 0.0962. The number of methoxy groups -OCH3 is 1. The van der Waals surface area contributed by atoms with Gasteiger partial charge < -0.3 is 20.3 Å². The summed E-state index contributed by atoms with van der Waals surface area (Å²) in [6.07, 6.45) is 1.39. The average molecular weight is 437 g/mol. The van der Waals surface area contributed by atoms with Gasteiger partial charge in [-0.25, -0.2) is 14.4 Å². The van der Waals surface area contributed by atoms with Crippen molar-refractivity contribution in [1.82, 2.24) is 15.4 Å². The highest BCUT2D eigenvalue weighted by Crippen LogP contribution is 2.28. The molecule has 0 bridgehead atoms. The third-order valence-corrected chi connectivity index (χ3v) is 5.28. The van der Waals surface area contributed by atoms with E-state index in [-0.39, 0.29) is 11.7 Å². The second-order valence-corrected chi connectivity index (χ2v) is 7.19. The lowest BCUT2D eigenvalue weighted by atomic mass is 10.2. The van der Waals surface area contributed by atoms with Crippen LogP contribution in [0.4, 0.5) is 27.4 Å². The Bertz CT molecular complexity index is 1090. The Balaban J connectivity index is 1.39. The molecule has 1 aliphatic heterocycles. The van der Waals surface area contributed by atoms with Crippen molar-refractivity contribution in [3.8, 4) is 5.75 Å². The first kappa shape index (κ1) is 21.2. The van der Waals surface area contributed by atoms with E-state index in [2.05, 4.69) is 20.8 Å². The van der Waals surface area contributed by atoms with Crippen LogP contribution < -0.4 is 31.1 Å². The van der Waals surface area contributed by atoms with Crippen molar-refractivity contribution in [2.45, 2.75) is 0 Å². The van der Waals surface area contributed by atoms with Crippen molar-refractivity contribution >= 4 is 28.9 Å². The molecule has 3 aromatic rings. The van der Waals surface area contributed by atoms with Crippen LogP contribution in [0.3, 0.4) is 0 Å². The Morgan fingerprint density at radius 2 is 1.72 bits per heavy atom. The molecule has 1 amide bonds. The van der Waals surface area contributed by atoms with Gasteiger partial charge in [0.05, 0.1) is 12.8 Å². The zero-order chi connectivity index (χ0) is 22.5. The van der Waals surface area contributed by atoms with Crippen molar-refractivity contribution in [2.24, 2.45) is 0 Å². The second kappa shape index (κ2) is 9.38. The second-order valence-electron chi connectivity index (χ2n) is 7.19. The van der Waals surface area contributed by atoms with Crippen LogP contribution in [-0.4, -0.2) is 49.2 Å². The normalized spacial score (nSPS) is 13.6. The molecule has 0 radical (unpaired) electrons. The highest BCUT2D eigenvalue weighted by atomic mass is 19.1. The van der Waals surface area contributed by atoms with Gasteiger partial charge in [0.1, 0.15) is 23.6 Å². The molecule has 0 spiro atoms. The number of nitrogens with zero attached hydrogens (tertiary/aromatic N) is 4. The van der Waals surface area contributed by atoms with Gasteiger partial charge in [-0.05, 0) is 36.4 Å². The average Bonchev–Trinajstić information content (AvgIpc) is 2.84. The third-order valence-electron chi connectivity index (χ3n) is 5.28. The summed E-state index contributed by atoms with van der Waals surface area (Å²) in [5.74, 6) is 0.948. The zero-order valence-electron chi connectivity index (χ0n) is 17.6. The molecule has 9 nitrogen and oxygen atoms in total. The molecule has 2 heterocycles. The number of hydrazine groups is 1. The first-order valence-electron chi connectivity index (χ1n) is 10.1. The Kier molecular flexibility index (Phi) is 6.20. The maximum Gasteiger partial charge on any atom is 0.269 e. The number of rotatable bonds is 6. The van der Waals surface area contributed by atoms with Crippen LogP contribution in [0.1, 0.15) is 10.4 Å². The quantitative estimate of drug-likeness (QED) is 0.504. The molecule has 4 rings (SSSR count). The number of carbonyl (C=O) groups excluding carboxylic acids is 1. The minimum absolute atomic E-state index is 0.235. The minimum atomic E-state index is -0.342. The molecule has 0 unspecified atom stereocenters. The van der Waals surface area contributed by atoms with Gasteiger partial charge in [-0.3, -0.25) is 15.6 Å². The van der Waals surface area contributed by atoms with E-state index in [1.165, 1.54) is 12.4 Å². The summed E-state index contributed by atoms with van der Waals surface area (Å²) in [5.41, 5.74) is 13.0. The summed E-state index contributed by atoms with van der Waals surface area (Å²) in [5, 5.41) is 0. The molecule has 1 aliphatic rings. The fourth-order valence-corrected chi connectivity index (χ4v) is 3.54. The lowest BCUT2D eigenvalue weighted by Crippen LogP contribution is -2.47. The fraction of sp³-hybridized carbons (Fsp3) is 0.227. The topological polar surface area (TPSA) is 109 Å². The number of nitrogen functional groups attached to an aromatic ring is 1. The van der Waals surface area contributed by atoms with Crippen LogP contribution in [0.25, 0.3) is 0 Å². The zero-order valence-corrected chi connectivity index (χ0v) is 17.6. The number of hydrogen-bond acceptors (Lipinski definition) is 8. The number of halogens is 1. The predicted molar refractivity (Wildman–Crippen MR) is 121 cm³/mol. The predicted octanol–water partition coefficient (Wildman–Crippen LogP) is 2.29. The number of aromatic nitrogens is 2. The number of carbonyl (C=O) groups is 1. The highest BCUT2D eigenvalue weighted by molar-refractivity contribution is 5.95. The van der Waals surface area contributed by atoms with Crippen LogP contribution in [0.2, 0.25) is 0 Å². The first-order valence-corrected chi connectivity index (χ1v) is 10.1.